The van der Waals surface area contributed by atoms with Gasteiger partial charge in [0.1, 0.15) is 0 Å². The van der Waals surface area contributed by atoms with Crippen molar-refractivity contribution in [1.29, 1.82) is 0 Å². The largest absolute Gasteiger partial charge is 0.472 e. The Morgan fingerprint density at radius 1 is 1.38 bits per heavy atom. The summed E-state index contributed by atoms with van der Waals surface area (Å²) in [4.78, 5) is 7.86. The van der Waals surface area contributed by atoms with E-state index >= 15 is 0 Å². The Morgan fingerprint density at radius 3 is 2.76 bits per heavy atom. The van der Waals surface area contributed by atoms with Crippen LogP contribution < -0.4 is 4.90 Å². The van der Waals surface area contributed by atoms with Crippen LogP contribution in [-0.4, -0.2) is 21.1 Å². The molecule has 112 valence electrons. The van der Waals surface area contributed by atoms with Gasteiger partial charge in [0.05, 0.1) is 24.4 Å². The number of imidazole rings is 1. The molecule has 0 radical (unpaired) electrons. The van der Waals surface area contributed by atoms with Crippen molar-refractivity contribution in [2.75, 3.05) is 11.4 Å². The highest BCUT2D eigenvalue weighted by Crippen LogP contribution is 2.28. The zero-order valence-corrected chi connectivity index (χ0v) is 13.6. The van der Waals surface area contributed by atoms with E-state index < -0.39 is 0 Å². The van der Waals surface area contributed by atoms with Crippen LogP contribution in [0.1, 0.15) is 39.0 Å². The van der Waals surface area contributed by atoms with E-state index in [4.69, 9.17) is 9.40 Å². The standard InChI is InChI=1S/C15H20N4OS/c1-5-18(8-11-6-7-20-10-11)14-17-19-9-12(15(2,3)4)16-13(19)21-14/h6-7,9-10H,5,8H2,1-4H3. The highest BCUT2D eigenvalue weighted by atomic mass is 32.1. The third-order valence-electron chi connectivity index (χ3n) is 3.41. The van der Waals surface area contributed by atoms with Crippen LogP contribution >= 0.6 is 11.3 Å². The molecule has 3 aromatic rings. The Hall–Kier alpha value is -1.82. The van der Waals surface area contributed by atoms with Crippen molar-refractivity contribution in [1.82, 2.24) is 14.6 Å². The molecule has 0 unspecified atom stereocenters. The Kier molecular flexibility index (Phi) is 3.49. The van der Waals surface area contributed by atoms with Gasteiger partial charge in [-0.2, -0.15) is 0 Å². The lowest BCUT2D eigenvalue weighted by molar-refractivity contribution is 0.563. The summed E-state index contributed by atoms with van der Waals surface area (Å²) in [5, 5.41) is 5.65. The predicted octanol–water partition coefficient (Wildman–Crippen LogP) is 3.71. The minimum absolute atomic E-state index is 0.0504. The molecule has 0 aliphatic carbocycles. The third kappa shape index (κ3) is 2.81. The summed E-state index contributed by atoms with van der Waals surface area (Å²) in [6.45, 7) is 10.3. The monoisotopic (exact) mass is 304 g/mol. The maximum absolute atomic E-state index is 5.13. The van der Waals surface area contributed by atoms with Gasteiger partial charge in [0.15, 0.2) is 0 Å². The number of anilines is 1. The number of hydrogen-bond donors (Lipinski definition) is 0. The van der Waals surface area contributed by atoms with E-state index in [1.165, 1.54) is 0 Å². The summed E-state index contributed by atoms with van der Waals surface area (Å²) in [6.07, 6.45) is 5.51. The number of hydrogen-bond acceptors (Lipinski definition) is 5. The van der Waals surface area contributed by atoms with Gasteiger partial charge in [-0.1, -0.05) is 32.1 Å². The second-order valence-electron chi connectivity index (χ2n) is 6.13. The Morgan fingerprint density at radius 2 is 2.19 bits per heavy atom. The molecular formula is C15H20N4OS. The zero-order valence-electron chi connectivity index (χ0n) is 12.8. The van der Waals surface area contributed by atoms with Gasteiger partial charge in [-0.25, -0.2) is 9.50 Å². The van der Waals surface area contributed by atoms with Crippen LogP contribution in [-0.2, 0) is 12.0 Å². The average Bonchev–Trinajstić information content (AvgIpc) is 3.09. The van der Waals surface area contributed by atoms with Gasteiger partial charge in [0.2, 0.25) is 10.1 Å². The van der Waals surface area contributed by atoms with Crippen LogP contribution in [0.3, 0.4) is 0 Å². The van der Waals surface area contributed by atoms with E-state index in [1.54, 1.807) is 23.9 Å². The molecule has 21 heavy (non-hydrogen) atoms. The summed E-state index contributed by atoms with van der Waals surface area (Å²) in [7, 11) is 0. The summed E-state index contributed by atoms with van der Waals surface area (Å²) < 4.78 is 7.02. The molecular weight excluding hydrogens is 284 g/mol. The lowest BCUT2D eigenvalue weighted by Crippen LogP contribution is -2.21. The van der Waals surface area contributed by atoms with Crippen LogP contribution in [0, 0.1) is 0 Å². The summed E-state index contributed by atoms with van der Waals surface area (Å²) in [6, 6.07) is 1.99. The fourth-order valence-electron chi connectivity index (χ4n) is 2.10. The van der Waals surface area contributed by atoms with Crippen molar-refractivity contribution in [2.24, 2.45) is 0 Å². The normalized spacial score (nSPS) is 12.2. The first-order valence-corrected chi connectivity index (χ1v) is 7.91. The average molecular weight is 304 g/mol. The third-order valence-corrected chi connectivity index (χ3v) is 4.39. The Labute approximate surface area is 128 Å². The van der Waals surface area contributed by atoms with Crippen molar-refractivity contribution in [2.45, 2.75) is 39.7 Å². The molecule has 0 aromatic carbocycles. The fourth-order valence-corrected chi connectivity index (χ4v) is 3.04. The minimum Gasteiger partial charge on any atom is -0.472 e. The number of furan rings is 1. The summed E-state index contributed by atoms with van der Waals surface area (Å²) >= 11 is 1.62. The van der Waals surface area contributed by atoms with Crippen LogP contribution in [0.5, 0.6) is 0 Å². The van der Waals surface area contributed by atoms with E-state index in [0.29, 0.717) is 0 Å². The molecule has 0 amide bonds. The first kappa shape index (κ1) is 14.1. The molecule has 0 saturated carbocycles. The van der Waals surface area contributed by atoms with Crippen LogP contribution in [0.25, 0.3) is 4.96 Å². The summed E-state index contributed by atoms with van der Waals surface area (Å²) in [5.41, 5.74) is 2.28. The van der Waals surface area contributed by atoms with Crippen molar-refractivity contribution >= 4 is 21.4 Å². The molecule has 0 aliphatic heterocycles. The Balaban J connectivity index is 1.87. The molecule has 0 spiro atoms. The van der Waals surface area contributed by atoms with E-state index in [-0.39, 0.29) is 5.41 Å². The van der Waals surface area contributed by atoms with Crippen molar-refractivity contribution in [3.05, 3.63) is 36.0 Å². The fraction of sp³-hybridized carbons (Fsp3) is 0.467. The van der Waals surface area contributed by atoms with Gasteiger partial charge in [-0.15, -0.1) is 5.10 Å². The van der Waals surface area contributed by atoms with E-state index in [2.05, 4.69) is 37.7 Å². The number of rotatable bonds is 4. The van der Waals surface area contributed by atoms with Crippen molar-refractivity contribution < 1.29 is 4.42 Å². The number of aromatic nitrogens is 3. The predicted molar refractivity (Wildman–Crippen MR) is 85.0 cm³/mol. The van der Waals surface area contributed by atoms with Crippen LogP contribution in [0.15, 0.2) is 29.2 Å². The topological polar surface area (TPSA) is 46.6 Å². The van der Waals surface area contributed by atoms with Crippen LogP contribution in [0.2, 0.25) is 0 Å². The molecule has 0 saturated heterocycles. The first-order chi connectivity index (χ1) is 9.97. The highest BCUT2D eigenvalue weighted by molar-refractivity contribution is 7.20. The number of nitrogens with zero attached hydrogens (tertiary/aromatic N) is 4. The lowest BCUT2D eigenvalue weighted by atomic mass is 9.93. The maximum atomic E-state index is 5.13. The summed E-state index contributed by atoms with van der Waals surface area (Å²) in [5.74, 6) is 0. The zero-order chi connectivity index (χ0) is 15.0. The maximum Gasteiger partial charge on any atom is 0.214 e. The van der Waals surface area contributed by atoms with Gasteiger partial charge < -0.3 is 9.32 Å². The molecule has 6 heteroatoms. The molecule has 0 atom stereocenters. The van der Waals surface area contributed by atoms with Gasteiger partial charge in [-0.05, 0) is 13.0 Å². The second-order valence-corrected chi connectivity index (χ2v) is 7.07. The van der Waals surface area contributed by atoms with Gasteiger partial charge in [0, 0.05) is 24.1 Å². The smallest absolute Gasteiger partial charge is 0.214 e. The number of fused-ring (bicyclic) bond motifs is 1. The molecule has 3 aromatic heterocycles. The van der Waals surface area contributed by atoms with Crippen molar-refractivity contribution in [3.63, 3.8) is 0 Å². The molecule has 3 heterocycles. The van der Waals surface area contributed by atoms with Gasteiger partial charge >= 0.3 is 0 Å². The lowest BCUT2D eigenvalue weighted by Gasteiger charge is -2.18. The van der Waals surface area contributed by atoms with E-state index in [9.17, 15) is 0 Å². The quantitative estimate of drug-likeness (QED) is 0.737. The Bertz CT molecular complexity index is 689. The van der Waals surface area contributed by atoms with E-state index in [1.807, 2.05) is 16.8 Å². The molecule has 3 rings (SSSR count). The van der Waals surface area contributed by atoms with E-state index in [0.717, 1.165) is 34.4 Å². The first-order valence-electron chi connectivity index (χ1n) is 7.10. The highest BCUT2D eigenvalue weighted by Gasteiger charge is 2.20. The van der Waals surface area contributed by atoms with Crippen LogP contribution in [0.4, 0.5) is 5.13 Å². The van der Waals surface area contributed by atoms with Gasteiger partial charge in [0.25, 0.3) is 0 Å². The van der Waals surface area contributed by atoms with Gasteiger partial charge in [-0.3, -0.25) is 0 Å². The molecule has 0 bridgehead atoms. The van der Waals surface area contributed by atoms with Crippen molar-refractivity contribution in [3.8, 4) is 0 Å². The minimum atomic E-state index is 0.0504. The molecule has 0 fully saturated rings. The molecule has 0 N–H and O–H groups in total. The molecule has 5 nitrogen and oxygen atoms in total. The SMILES string of the molecule is CCN(Cc1ccoc1)c1nn2cc(C(C)(C)C)nc2s1. The molecule has 0 aliphatic rings. The second kappa shape index (κ2) is 5.18.